The Morgan fingerprint density at radius 2 is 1.92 bits per heavy atom. The van der Waals surface area contributed by atoms with Gasteiger partial charge in [-0.25, -0.2) is 14.6 Å². The van der Waals surface area contributed by atoms with E-state index >= 15 is 0 Å². The lowest BCUT2D eigenvalue weighted by atomic mass is 9.86. The van der Waals surface area contributed by atoms with E-state index in [-0.39, 0.29) is 42.3 Å². The zero-order chi connectivity index (χ0) is 27.1. The van der Waals surface area contributed by atoms with Crippen LogP contribution in [0.25, 0.3) is 22.3 Å². The van der Waals surface area contributed by atoms with Gasteiger partial charge in [0.2, 0.25) is 0 Å². The van der Waals surface area contributed by atoms with Gasteiger partial charge in [-0.05, 0) is 48.7 Å². The summed E-state index contributed by atoms with van der Waals surface area (Å²) >= 11 is 6.05. The van der Waals surface area contributed by atoms with Crippen LogP contribution >= 0.6 is 11.6 Å². The van der Waals surface area contributed by atoms with Crippen LogP contribution in [0.1, 0.15) is 35.6 Å². The number of aromatic nitrogens is 2. The van der Waals surface area contributed by atoms with Gasteiger partial charge >= 0.3 is 12.0 Å². The molecule has 2 N–H and O–H groups in total. The van der Waals surface area contributed by atoms with Crippen LogP contribution in [0.15, 0.2) is 53.3 Å². The molecule has 2 amide bonds. The van der Waals surface area contributed by atoms with Crippen LogP contribution in [-0.4, -0.2) is 33.2 Å². The van der Waals surface area contributed by atoms with Crippen molar-refractivity contribution in [1.82, 2.24) is 9.55 Å². The molecule has 7 rings (SSSR count). The summed E-state index contributed by atoms with van der Waals surface area (Å²) in [5, 5.41) is 15.6. The summed E-state index contributed by atoms with van der Waals surface area (Å²) in [6.45, 7) is 2.07. The van der Waals surface area contributed by atoms with Gasteiger partial charge in [0.15, 0.2) is 5.60 Å². The number of halogens is 1. The first-order valence-corrected chi connectivity index (χ1v) is 13.1. The van der Waals surface area contributed by atoms with Crippen LogP contribution in [0.4, 0.5) is 16.2 Å². The maximum absolute atomic E-state index is 13.7. The summed E-state index contributed by atoms with van der Waals surface area (Å²) in [4.78, 5) is 46.2. The van der Waals surface area contributed by atoms with E-state index in [1.54, 1.807) is 22.5 Å². The number of ether oxygens (including phenoxy) is 1. The number of aliphatic hydroxyl groups is 1. The molecule has 0 bridgehead atoms. The van der Waals surface area contributed by atoms with Gasteiger partial charge in [-0.1, -0.05) is 36.7 Å². The maximum atomic E-state index is 13.7. The number of carbonyl (C=O) groups excluding carboxylic acids is 2. The number of hydrogen-bond acceptors (Lipinski definition) is 6. The molecule has 0 saturated carbocycles. The Hall–Kier alpha value is -4.21. The molecule has 3 aliphatic heterocycles. The second-order valence-electron chi connectivity index (χ2n) is 10.0. The molecule has 0 spiro atoms. The van der Waals surface area contributed by atoms with E-state index in [2.05, 4.69) is 5.32 Å². The average molecular weight is 543 g/mol. The Balaban J connectivity index is 1.42. The number of rotatable bonds is 4. The van der Waals surface area contributed by atoms with Crippen LogP contribution in [0.5, 0.6) is 0 Å². The van der Waals surface area contributed by atoms with Gasteiger partial charge in [0, 0.05) is 28.1 Å². The second kappa shape index (κ2) is 8.39. The van der Waals surface area contributed by atoms with Crippen molar-refractivity contribution in [2.24, 2.45) is 0 Å². The molecule has 0 radical (unpaired) electrons. The van der Waals surface area contributed by atoms with Crippen molar-refractivity contribution in [1.29, 1.82) is 0 Å². The summed E-state index contributed by atoms with van der Waals surface area (Å²) in [6.07, 6.45) is 0.655. The summed E-state index contributed by atoms with van der Waals surface area (Å²) in [6, 6.07) is 14.5. The number of pyridine rings is 2. The number of nitrogens with one attached hydrogen (secondary N) is 1. The minimum atomic E-state index is -1.91. The topological polar surface area (TPSA) is 114 Å². The smallest absolute Gasteiger partial charge is 0.343 e. The number of anilines is 2. The van der Waals surface area contributed by atoms with E-state index < -0.39 is 11.6 Å². The summed E-state index contributed by atoms with van der Waals surface area (Å²) < 4.78 is 6.77. The molecule has 0 saturated heterocycles. The van der Waals surface area contributed by atoms with E-state index in [1.165, 1.54) is 0 Å². The molecule has 1 atom stereocenters. The van der Waals surface area contributed by atoms with Crippen LogP contribution in [0.3, 0.4) is 0 Å². The number of nitrogens with zero attached hydrogens (tertiary/aromatic N) is 3. The van der Waals surface area contributed by atoms with Gasteiger partial charge in [-0.2, -0.15) is 0 Å². The third kappa shape index (κ3) is 3.36. The van der Waals surface area contributed by atoms with E-state index in [4.69, 9.17) is 21.3 Å². The maximum Gasteiger partial charge on any atom is 0.343 e. The number of cyclic esters (lactones) is 1. The predicted octanol–water partition coefficient (Wildman–Crippen LogP) is 4.33. The highest BCUT2D eigenvalue weighted by atomic mass is 35.5. The number of hydrogen-bond donors (Lipinski definition) is 2. The third-order valence-electron chi connectivity index (χ3n) is 7.98. The summed E-state index contributed by atoms with van der Waals surface area (Å²) in [7, 11) is 0. The zero-order valence-electron chi connectivity index (χ0n) is 21.0. The van der Waals surface area contributed by atoms with Gasteiger partial charge in [0.05, 0.1) is 40.4 Å². The van der Waals surface area contributed by atoms with Crippen molar-refractivity contribution in [2.45, 2.75) is 38.5 Å². The quantitative estimate of drug-likeness (QED) is 0.327. The Kier molecular flexibility index (Phi) is 5.14. The lowest BCUT2D eigenvalue weighted by molar-refractivity contribution is -0.172. The SMILES string of the molecule is CCC1(O)C(=O)OCc2c1cc1n(c2=O)Cc2c-1nc1cccc3c1c2N(CCc1ccc(Cl)cc1)C(=O)N3. The van der Waals surface area contributed by atoms with Crippen LogP contribution in [0.2, 0.25) is 5.02 Å². The number of esters is 1. The van der Waals surface area contributed by atoms with E-state index in [0.29, 0.717) is 46.3 Å². The van der Waals surface area contributed by atoms with Gasteiger partial charge in [-0.3, -0.25) is 9.69 Å². The lowest BCUT2D eigenvalue weighted by Gasteiger charge is -2.31. The molecule has 2 aromatic heterocycles. The van der Waals surface area contributed by atoms with Gasteiger partial charge in [-0.15, -0.1) is 0 Å². The largest absolute Gasteiger partial charge is 0.458 e. The van der Waals surface area contributed by atoms with E-state index in [1.807, 2.05) is 42.5 Å². The number of amides is 2. The Morgan fingerprint density at radius 1 is 1.13 bits per heavy atom. The highest BCUT2D eigenvalue weighted by Gasteiger charge is 2.46. The molecule has 2 aromatic carbocycles. The molecule has 196 valence electrons. The lowest BCUT2D eigenvalue weighted by Crippen LogP contribution is -2.44. The molecule has 9 nitrogen and oxygen atoms in total. The van der Waals surface area contributed by atoms with Gasteiger partial charge in [0.1, 0.15) is 6.61 Å². The fourth-order valence-corrected chi connectivity index (χ4v) is 6.02. The fraction of sp³-hybridized carbons (Fsp3) is 0.241. The van der Waals surface area contributed by atoms with Crippen molar-refractivity contribution in [2.75, 3.05) is 16.8 Å². The molecule has 0 aliphatic carbocycles. The summed E-state index contributed by atoms with van der Waals surface area (Å²) in [5.74, 6) is -0.767. The van der Waals surface area contributed by atoms with Crippen molar-refractivity contribution in [3.63, 3.8) is 0 Å². The molecular formula is C29H23ClN4O5. The fourth-order valence-electron chi connectivity index (χ4n) is 5.90. The molecule has 1 unspecified atom stereocenters. The van der Waals surface area contributed by atoms with E-state index in [0.717, 1.165) is 16.5 Å². The van der Waals surface area contributed by atoms with Crippen molar-refractivity contribution >= 4 is 45.9 Å². The zero-order valence-corrected chi connectivity index (χ0v) is 21.7. The first kappa shape index (κ1) is 23.9. The minimum absolute atomic E-state index is 0.0625. The van der Waals surface area contributed by atoms with Crippen LogP contribution in [-0.2, 0) is 34.7 Å². The monoisotopic (exact) mass is 542 g/mol. The number of benzene rings is 2. The second-order valence-corrected chi connectivity index (χ2v) is 10.5. The average Bonchev–Trinajstić information content (AvgIpc) is 3.30. The number of urea groups is 1. The molecule has 5 heterocycles. The Morgan fingerprint density at radius 3 is 2.69 bits per heavy atom. The van der Waals surface area contributed by atoms with Crippen LogP contribution in [0, 0.1) is 0 Å². The molecule has 3 aliphatic rings. The van der Waals surface area contributed by atoms with E-state index in [9.17, 15) is 19.5 Å². The van der Waals surface area contributed by atoms with Crippen molar-refractivity contribution in [3.05, 3.63) is 86.2 Å². The summed E-state index contributed by atoms with van der Waals surface area (Å²) in [5.41, 5.74) is 3.13. The van der Waals surface area contributed by atoms with Crippen LogP contribution < -0.4 is 15.8 Å². The van der Waals surface area contributed by atoms with Gasteiger partial charge in [0.25, 0.3) is 5.56 Å². The molecule has 39 heavy (non-hydrogen) atoms. The van der Waals surface area contributed by atoms with Crippen molar-refractivity contribution in [3.8, 4) is 11.4 Å². The Labute approximate surface area is 227 Å². The first-order chi connectivity index (χ1) is 18.8. The van der Waals surface area contributed by atoms with Gasteiger partial charge < -0.3 is 19.7 Å². The highest BCUT2D eigenvalue weighted by molar-refractivity contribution is 6.30. The highest BCUT2D eigenvalue weighted by Crippen LogP contribution is 2.46. The third-order valence-corrected chi connectivity index (χ3v) is 8.23. The predicted molar refractivity (Wildman–Crippen MR) is 146 cm³/mol. The molecule has 4 aromatic rings. The first-order valence-electron chi connectivity index (χ1n) is 12.8. The molecular weight excluding hydrogens is 520 g/mol. The minimum Gasteiger partial charge on any atom is -0.458 e. The number of fused-ring (bicyclic) bond motifs is 5. The van der Waals surface area contributed by atoms with Crippen molar-refractivity contribution < 1.29 is 19.4 Å². The molecule has 0 fully saturated rings. The standard InChI is InChI=1S/C29H23ClN4O5/c1-2-29(38)19-12-22-24-17(13-34(22)26(35)18(19)14-39-27(29)36)25-23-20(31-24)4-3-5-21(23)32-28(37)33(25)11-10-15-6-8-16(30)9-7-15/h3-9,12,38H,2,10-11,13-14H2,1H3,(H,32,37). The number of carbonyl (C=O) groups is 2. The Bertz CT molecular complexity index is 1800. The normalized spacial score (nSPS) is 18.9. The molecule has 10 heteroatoms.